The molecule has 0 saturated heterocycles. The highest BCUT2D eigenvalue weighted by atomic mass is 16.7. The fourth-order valence-corrected chi connectivity index (χ4v) is 0.822. The van der Waals surface area contributed by atoms with Crippen molar-refractivity contribution in [1.82, 2.24) is 0 Å². The minimum absolute atomic E-state index is 0.105. The highest BCUT2D eigenvalue weighted by molar-refractivity contribution is 5.98. The van der Waals surface area contributed by atoms with Crippen LogP contribution in [0.1, 0.15) is 20.8 Å². The molecule has 0 aliphatic rings. The summed E-state index contributed by atoms with van der Waals surface area (Å²) in [6, 6.07) is 0. The molecule has 16 heavy (non-hydrogen) atoms. The minimum atomic E-state index is -0.958. The topological polar surface area (TPSA) is 61.8 Å². The summed E-state index contributed by atoms with van der Waals surface area (Å²) < 4.78 is 14.6. The summed E-state index contributed by atoms with van der Waals surface area (Å²) in [6.07, 6.45) is -0.958. The molecule has 90 valence electrons. The zero-order chi connectivity index (χ0) is 12.4. The third-order valence-electron chi connectivity index (χ3n) is 1.41. The second kappa shape index (κ2) is 8.89. The van der Waals surface area contributed by atoms with Gasteiger partial charge in [0.25, 0.3) is 5.78 Å². The first-order chi connectivity index (χ1) is 7.61. The second-order valence-electron chi connectivity index (χ2n) is 2.69. The standard InChI is InChI=1S/C11H16O5/c1-4-14-11(15-5-2)10(13)7-6-8-16-9(3)12/h11H,4-5,8H2,1-3H3. The van der Waals surface area contributed by atoms with Crippen LogP contribution in [0.5, 0.6) is 0 Å². The van der Waals surface area contributed by atoms with E-state index in [1.807, 2.05) is 0 Å². The summed E-state index contributed by atoms with van der Waals surface area (Å²) in [7, 11) is 0. The Labute approximate surface area is 95.1 Å². The Bertz CT molecular complexity index is 280. The van der Waals surface area contributed by atoms with Crippen molar-refractivity contribution in [2.24, 2.45) is 0 Å². The van der Waals surface area contributed by atoms with E-state index in [1.165, 1.54) is 6.92 Å². The normalized spacial score (nSPS) is 9.50. The van der Waals surface area contributed by atoms with Crippen molar-refractivity contribution in [2.75, 3.05) is 19.8 Å². The van der Waals surface area contributed by atoms with Gasteiger partial charge in [0, 0.05) is 20.1 Å². The molecule has 0 radical (unpaired) electrons. The van der Waals surface area contributed by atoms with E-state index in [2.05, 4.69) is 16.6 Å². The molecule has 0 amide bonds. The molecule has 5 nitrogen and oxygen atoms in total. The molecule has 0 aliphatic heterocycles. The van der Waals surface area contributed by atoms with Crippen molar-refractivity contribution in [1.29, 1.82) is 0 Å². The fraction of sp³-hybridized carbons (Fsp3) is 0.636. The molecule has 0 aromatic carbocycles. The van der Waals surface area contributed by atoms with Crippen molar-refractivity contribution in [3.05, 3.63) is 0 Å². The molecule has 0 aromatic rings. The minimum Gasteiger partial charge on any atom is -0.453 e. The van der Waals surface area contributed by atoms with Gasteiger partial charge in [0.05, 0.1) is 0 Å². The van der Waals surface area contributed by atoms with E-state index in [-0.39, 0.29) is 6.61 Å². The van der Waals surface area contributed by atoms with Gasteiger partial charge in [-0.2, -0.15) is 0 Å². The summed E-state index contributed by atoms with van der Waals surface area (Å²) >= 11 is 0. The molecular formula is C11H16O5. The summed E-state index contributed by atoms with van der Waals surface area (Å²) in [4.78, 5) is 21.8. The summed E-state index contributed by atoms with van der Waals surface area (Å²) in [5.41, 5.74) is 0. The number of ketones is 1. The maximum atomic E-state index is 11.4. The average molecular weight is 228 g/mol. The van der Waals surface area contributed by atoms with Gasteiger partial charge in [-0.3, -0.25) is 9.59 Å². The van der Waals surface area contributed by atoms with Gasteiger partial charge in [0.1, 0.15) is 0 Å². The van der Waals surface area contributed by atoms with Gasteiger partial charge in [0.15, 0.2) is 6.61 Å². The monoisotopic (exact) mass is 228 g/mol. The molecule has 5 heteroatoms. The Hall–Kier alpha value is -1.38. The van der Waals surface area contributed by atoms with Crippen molar-refractivity contribution >= 4 is 11.8 Å². The summed E-state index contributed by atoms with van der Waals surface area (Å²) in [5, 5.41) is 0. The molecule has 0 fully saturated rings. The van der Waals surface area contributed by atoms with Crippen molar-refractivity contribution in [2.45, 2.75) is 27.1 Å². The largest absolute Gasteiger partial charge is 0.453 e. The van der Waals surface area contributed by atoms with Crippen LogP contribution in [0.2, 0.25) is 0 Å². The van der Waals surface area contributed by atoms with Crippen molar-refractivity contribution in [3.63, 3.8) is 0 Å². The lowest BCUT2D eigenvalue weighted by Gasteiger charge is -2.11. The first-order valence-electron chi connectivity index (χ1n) is 5.01. The Kier molecular flexibility index (Phi) is 8.12. The van der Waals surface area contributed by atoms with Crippen molar-refractivity contribution < 1.29 is 23.8 Å². The maximum Gasteiger partial charge on any atom is 0.303 e. The number of carbonyl (C=O) groups excluding carboxylic acids is 2. The molecule has 0 rings (SSSR count). The molecular weight excluding hydrogens is 212 g/mol. The average Bonchev–Trinajstić information content (AvgIpc) is 2.23. The molecule has 0 spiro atoms. The third kappa shape index (κ3) is 6.98. The van der Waals surface area contributed by atoms with Crippen LogP contribution < -0.4 is 0 Å². The Morgan fingerprint density at radius 2 is 1.75 bits per heavy atom. The predicted octanol–water partition coefficient (Wildman–Crippen LogP) is 0.521. The molecule has 0 bridgehead atoms. The first kappa shape index (κ1) is 14.6. The van der Waals surface area contributed by atoms with Gasteiger partial charge in [-0.15, -0.1) is 0 Å². The Morgan fingerprint density at radius 3 is 2.19 bits per heavy atom. The van der Waals surface area contributed by atoms with Gasteiger partial charge >= 0.3 is 5.97 Å². The van der Waals surface area contributed by atoms with E-state index in [0.29, 0.717) is 13.2 Å². The third-order valence-corrected chi connectivity index (χ3v) is 1.41. The molecule has 0 atom stereocenters. The molecule has 0 saturated carbocycles. The molecule has 0 unspecified atom stereocenters. The van der Waals surface area contributed by atoms with E-state index in [9.17, 15) is 9.59 Å². The zero-order valence-corrected chi connectivity index (χ0v) is 9.74. The number of rotatable bonds is 6. The van der Waals surface area contributed by atoms with Gasteiger partial charge in [-0.25, -0.2) is 0 Å². The second-order valence-corrected chi connectivity index (χ2v) is 2.69. The van der Waals surface area contributed by atoms with Crippen LogP contribution in [0.3, 0.4) is 0 Å². The van der Waals surface area contributed by atoms with Crippen LogP contribution in [0, 0.1) is 11.8 Å². The number of carbonyl (C=O) groups is 2. The highest BCUT2D eigenvalue weighted by Crippen LogP contribution is 1.96. The number of ether oxygens (including phenoxy) is 3. The molecule has 0 aliphatic carbocycles. The van der Waals surface area contributed by atoms with E-state index in [4.69, 9.17) is 9.47 Å². The van der Waals surface area contributed by atoms with E-state index >= 15 is 0 Å². The number of esters is 1. The molecule has 0 aromatic heterocycles. The first-order valence-corrected chi connectivity index (χ1v) is 5.01. The van der Waals surface area contributed by atoms with Crippen LogP contribution in [0.15, 0.2) is 0 Å². The number of Topliss-reactive ketones (excluding diaryl/α,β-unsaturated/α-hetero) is 1. The van der Waals surface area contributed by atoms with Crippen LogP contribution in [0.25, 0.3) is 0 Å². The van der Waals surface area contributed by atoms with Crippen molar-refractivity contribution in [3.8, 4) is 11.8 Å². The Morgan fingerprint density at radius 1 is 1.19 bits per heavy atom. The zero-order valence-electron chi connectivity index (χ0n) is 9.74. The van der Waals surface area contributed by atoms with Gasteiger partial charge in [0.2, 0.25) is 6.29 Å². The van der Waals surface area contributed by atoms with Gasteiger partial charge < -0.3 is 14.2 Å². The highest BCUT2D eigenvalue weighted by Gasteiger charge is 2.15. The SMILES string of the molecule is CCOC(OCC)C(=O)C#CCOC(C)=O. The van der Waals surface area contributed by atoms with E-state index in [1.54, 1.807) is 13.8 Å². The lowest BCUT2D eigenvalue weighted by molar-refractivity contribution is -0.162. The van der Waals surface area contributed by atoms with Crippen LogP contribution >= 0.6 is 0 Å². The van der Waals surface area contributed by atoms with Crippen LogP contribution in [-0.2, 0) is 23.8 Å². The predicted molar refractivity (Wildman–Crippen MR) is 56.5 cm³/mol. The Balaban J connectivity index is 4.12. The number of hydrogen-bond donors (Lipinski definition) is 0. The lowest BCUT2D eigenvalue weighted by Crippen LogP contribution is -2.26. The van der Waals surface area contributed by atoms with Crippen LogP contribution in [0.4, 0.5) is 0 Å². The summed E-state index contributed by atoms with van der Waals surface area (Å²) in [5.74, 6) is 3.79. The lowest BCUT2D eigenvalue weighted by atomic mass is 10.4. The smallest absolute Gasteiger partial charge is 0.303 e. The van der Waals surface area contributed by atoms with Gasteiger partial charge in [-0.1, -0.05) is 5.92 Å². The van der Waals surface area contributed by atoms with E-state index in [0.717, 1.165) is 0 Å². The maximum absolute atomic E-state index is 11.4. The van der Waals surface area contributed by atoms with Crippen LogP contribution in [-0.4, -0.2) is 37.9 Å². The van der Waals surface area contributed by atoms with E-state index < -0.39 is 18.0 Å². The molecule has 0 N–H and O–H groups in total. The fourth-order valence-electron chi connectivity index (χ4n) is 0.822. The summed E-state index contributed by atoms with van der Waals surface area (Å²) in [6.45, 7) is 5.40. The van der Waals surface area contributed by atoms with Gasteiger partial charge in [-0.05, 0) is 19.8 Å². The quantitative estimate of drug-likeness (QED) is 0.287. The number of hydrogen-bond acceptors (Lipinski definition) is 5. The molecule has 0 heterocycles.